The Hall–Kier alpha value is -3.42. The van der Waals surface area contributed by atoms with Crippen LogP contribution >= 0.6 is 0 Å². The number of esters is 3. The van der Waals surface area contributed by atoms with Crippen LogP contribution in [0.1, 0.15) is 32.0 Å². The summed E-state index contributed by atoms with van der Waals surface area (Å²) < 4.78 is 19.8. The van der Waals surface area contributed by atoms with E-state index in [-0.39, 0.29) is 17.7 Å². The van der Waals surface area contributed by atoms with E-state index in [9.17, 15) is 14.4 Å². The van der Waals surface area contributed by atoms with Gasteiger partial charge < -0.3 is 18.9 Å². The Morgan fingerprint density at radius 3 is 2.19 bits per heavy atom. The van der Waals surface area contributed by atoms with E-state index in [1.54, 1.807) is 12.1 Å². The quantitative estimate of drug-likeness (QED) is 0.594. The van der Waals surface area contributed by atoms with Crippen molar-refractivity contribution in [1.82, 2.24) is 4.98 Å². The first-order chi connectivity index (χ1) is 12.9. The number of fused-ring (bicyclic) bond motifs is 3. The lowest BCUT2D eigenvalue weighted by Crippen LogP contribution is -2.12. The number of carbonyl (C=O) groups is 3. The first-order valence-electron chi connectivity index (χ1n) is 7.95. The molecule has 2 aromatic rings. The predicted octanol–water partition coefficient (Wildman–Crippen LogP) is 1.93. The Kier molecular flexibility index (Phi) is 4.81. The molecule has 0 bridgehead atoms. The summed E-state index contributed by atoms with van der Waals surface area (Å²) in [6.45, 7) is 0. The third kappa shape index (κ3) is 2.99. The van der Waals surface area contributed by atoms with E-state index in [2.05, 4.69) is 4.98 Å². The SMILES string of the molecule is COC(=O)C1=Cc2cc(OC)c3nc(C(=O)OC)cc(C(=O)OC)c3c2C1. The molecule has 0 fully saturated rings. The molecule has 0 spiro atoms. The maximum absolute atomic E-state index is 12.4. The average molecular weight is 371 g/mol. The number of ether oxygens (including phenoxy) is 4. The van der Waals surface area contributed by atoms with Crippen LogP contribution in [0.3, 0.4) is 0 Å². The van der Waals surface area contributed by atoms with Crippen molar-refractivity contribution >= 4 is 34.9 Å². The number of methoxy groups -OCH3 is 4. The largest absolute Gasteiger partial charge is 0.494 e. The fourth-order valence-electron chi connectivity index (χ4n) is 3.12. The van der Waals surface area contributed by atoms with E-state index in [1.165, 1.54) is 34.5 Å². The maximum Gasteiger partial charge on any atom is 0.356 e. The second-order valence-electron chi connectivity index (χ2n) is 5.75. The molecule has 3 rings (SSSR count). The Morgan fingerprint density at radius 2 is 1.59 bits per heavy atom. The topological polar surface area (TPSA) is 101 Å². The number of pyridine rings is 1. The van der Waals surface area contributed by atoms with E-state index in [4.69, 9.17) is 18.9 Å². The van der Waals surface area contributed by atoms with E-state index in [1.807, 2.05) is 0 Å². The monoisotopic (exact) mass is 371 g/mol. The first kappa shape index (κ1) is 18.4. The Bertz CT molecular complexity index is 1010. The molecule has 8 nitrogen and oxygen atoms in total. The van der Waals surface area contributed by atoms with Gasteiger partial charge in [-0.1, -0.05) is 0 Å². The highest BCUT2D eigenvalue weighted by Gasteiger charge is 2.28. The van der Waals surface area contributed by atoms with Gasteiger partial charge in [-0.25, -0.2) is 19.4 Å². The molecule has 0 N–H and O–H groups in total. The number of benzene rings is 1. The van der Waals surface area contributed by atoms with Crippen LogP contribution in [-0.2, 0) is 25.4 Å². The van der Waals surface area contributed by atoms with E-state index in [0.29, 0.717) is 33.4 Å². The normalized spacial score (nSPS) is 12.2. The highest BCUT2D eigenvalue weighted by atomic mass is 16.5. The van der Waals surface area contributed by atoms with E-state index >= 15 is 0 Å². The summed E-state index contributed by atoms with van der Waals surface area (Å²) in [5.41, 5.74) is 2.24. The Labute approximate surface area is 154 Å². The maximum atomic E-state index is 12.4. The number of carbonyl (C=O) groups excluding carboxylic acids is 3. The van der Waals surface area contributed by atoms with Gasteiger partial charge in [-0.15, -0.1) is 0 Å². The number of nitrogens with zero attached hydrogens (tertiary/aromatic N) is 1. The molecular formula is C19H17NO7. The molecule has 1 aromatic carbocycles. The summed E-state index contributed by atoms with van der Waals surface area (Å²) in [7, 11) is 5.21. The second kappa shape index (κ2) is 7.06. The van der Waals surface area contributed by atoms with Crippen LogP contribution < -0.4 is 4.74 Å². The fourth-order valence-corrected chi connectivity index (χ4v) is 3.12. The van der Waals surface area contributed by atoms with Crippen LogP contribution in [0.5, 0.6) is 5.75 Å². The van der Waals surface area contributed by atoms with Crippen molar-refractivity contribution in [1.29, 1.82) is 0 Å². The lowest BCUT2D eigenvalue weighted by atomic mass is 9.97. The minimum absolute atomic E-state index is 0.0530. The van der Waals surface area contributed by atoms with E-state index in [0.717, 1.165) is 0 Å². The zero-order valence-corrected chi connectivity index (χ0v) is 15.2. The van der Waals surface area contributed by atoms with Crippen LogP contribution in [0.25, 0.3) is 17.0 Å². The molecule has 1 aromatic heterocycles. The molecule has 0 saturated carbocycles. The van der Waals surface area contributed by atoms with Crippen LogP contribution in [0.15, 0.2) is 17.7 Å². The molecule has 0 saturated heterocycles. The van der Waals surface area contributed by atoms with Crippen molar-refractivity contribution in [2.24, 2.45) is 0 Å². The zero-order valence-electron chi connectivity index (χ0n) is 15.2. The number of rotatable bonds is 4. The lowest BCUT2D eigenvalue weighted by molar-refractivity contribution is -0.136. The van der Waals surface area contributed by atoms with Crippen molar-refractivity contribution < 1.29 is 33.3 Å². The minimum Gasteiger partial charge on any atom is -0.494 e. The van der Waals surface area contributed by atoms with E-state index < -0.39 is 17.9 Å². The molecular weight excluding hydrogens is 354 g/mol. The molecule has 27 heavy (non-hydrogen) atoms. The Balaban J connectivity index is 2.35. The number of hydrogen-bond donors (Lipinski definition) is 0. The van der Waals surface area contributed by atoms with Gasteiger partial charge in [0.25, 0.3) is 0 Å². The van der Waals surface area contributed by atoms with Crippen LogP contribution in [0.2, 0.25) is 0 Å². The molecule has 0 radical (unpaired) electrons. The molecule has 0 amide bonds. The Morgan fingerprint density at radius 1 is 0.926 bits per heavy atom. The summed E-state index contributed by atoms with van der Waals surface area (Å²) in [5.74, 6) is -1.45. The standard InChI is InChI=1S/C19H17NO7/c1-24-14-7-9-5-10(17(21)25-2)6-11(9)15-12(18(22)26-3)8-13(19(23)27-4)20-16(14)15/h5,7-8H,6H2,1-4H3. The summed E-state index contributed by atoms with van der Waals surface area (Å²) >= 11 is 0. The average Bonchev–Trinajstić information content (AvgIpc) is 3.14. The molecule has 1 aliphatic rings. The summed E-state index contributed by atoms with van der Waals surface area (Å²) in [6, 6.07) is 3.01. The van der Waals surface area contributed by atoms with Crippen LogP contribution in [0, 0.1) is 0 Å². The van der Waals surface area contributed by atoms with Crippen LogP contribution in [0.4, 0.5) is 0 Å². The zero-order chi connectivity index (χ0) is 19.7. The highest BCUT2D eigenvalue weighted by Crippen LogP contribution is 2.39. The molecule has 0 atom stereocenters. The lowest BCUT2D eigenvalue weighted by Gasteiger charge is -2.14. The van der Waals surface area contributed by atoms with Gasteiger partial charge in [-0.2, -0.15) is 0 Å². The molecule has 140 valence electrons. The molecule has 0 unspecified atom stereocenters. The van der Waals surface area contributed by atoms with Gasteiger partial charge in [0.1, 0.15) is 17.0 Å². The summed E-state index contributed by atoms with van der Waals surface area (Å²) in [6.07, 6.45) is 1.93. The van der Waals surface area contributed by atoms with Gasteiger partial charge in [0.2, 0.25) is 0 Å². The predicted molar refractivity (Wildman–Crippen MR) is 94.7 cm³/mol. The van der Waals surface area contributed by atoms with Gasteiger partial charge in [-0.3, -0.25) is 0 Å². The minimum atomic E-state index is -0.696. The number of aromatic nitrogens is 1. The summed E-state index contributed by atoms with van der Waals surface area (Å²) in [5, 5.41) is 0.457. The third-order valence-electron chi connectivity index (χ3n) is 4.35. The first-order valence-corrected chi connectivity index (χ1v) is 7.95. The fraction of sp³-hybridized carbons (Fsp3) is 0.263. The smallest absolute Gasteiger partial charge is 0.356 e. The van der Waals surface area contributed by atoms with Gasteiger partial charge in [-0.05, 0) is 29.3 Å². The van der Waals surface area contributed by atoms with Gasteiger partial charge >= 0.3 is 17.9 Å². The molecule has 0 aliphatic heterocycles. The molecule has 8 heteroatoms. The van der Waals surface area contributed by atoms with Crippen molar-refractivity contribution in [3.63, 3.8) is 0 Å². The van der Waals surface area contributed by atoms with Gasteiger partial charge in [0.15, 0.2) is 0 Å². The molecule has 1 aliphatic carbocycles. The van der Waals surface area contributed by atoms with Crippen LogP contribution in [-0.4, -0.2) is 51.3 Å². The third-order valence-corrected chi connectivity index (χ3v) is 4.35. The highest BCUT2D eigenvalue weighted by molar-refractivity contribution is 6.11. The van der Waals surface area contributed by atoms with Crippen molar-refractivity contribution in [3.8, 4) is 5.75 Å². The van der Waals surface area contributed by atoms with Crippen molar-refractivity contribution in [2.45, 2.75) is 6.42 Å². The van der Waals surface area contributed by atoms with Gasteiger partial charge in [0, 0.05) is 17.4 Å². The van der Waals surface area contributed by atoms with Gasteiger partial charge in [0.05, 0.1) is 34.0 Å². The van der Waals surface area contributed by atoms with Crippen molar-refractivity contribution in [2.75, 3.05) is 28.4 Å². The molecule has 1 heterocycles. The second-order valence-corrected chi connectivity index (χ2v) is 5.75. The number of hydrogen-bond acceptors (Lipinski definition) is 8. The summed E-state index contributed by atoms with van der Waals surface area (Å²) in [4.78, 5) is 40.7. The van der Waals surface area contributed by atoms with Crippen molar-refractivity contribution in [3.05, 3.63) is 40.1 Å².